The van der Waals surface area contributed by atoms with Crippen LogP contribution in [0.5, 0.6) is 0 Å². The van der Waals surface area contributed by atoms with Crippen molar-refractivity contribution < 1.29 is 9.47 Å². The number of allylic oxidation sites excluding steroid dienone is 1. The summed E-state index contributed by atoms with van der Waals surface area (Å²) in [5, 5.41) is 0. The summed E-state index contributed by atoms with van der Waals surface area (Å²) < 4.78 is 9.94. The highest BCUT2D eigenvalue weighted by Crippen LogP contribution is 2.10. The van der Waals surface area contributed by atoms with Crippen LogP contribution in [0.15, 0.2) is 24.5 Å². The molecule has 0 unspecified atom stereocenters. The summed E-state index contributed by atoms with van der Waals surface area (Å²) in [5.74, 6) is 0.903. The lowest BCUT2D eigenvalue weighted by Gasteiger charge is -2.07. The minimum atomic E-state index is 0.903. The molecule has 0 amide bonds. The van der Waals surface area contributed by atoms with Gasteiger partial charge >= 0.3 is 0 Å². The molecule has 0 aromatic rings. The van der Waals surface area contributed by atoms with Gasteiger partial charge in [0.2, 0.25) is 0 Å². The SMILES string of the molecule is CCCC1=COC=CO1. The van der Waals surface area contributed by atoms with Crippen LogP contribution in [0.4, 0.5) is 0 Å². The Bertz CT molecular complexity index is 136. The molecular formula is C7H10O2. The van der Waals surface area contributed by atoms with Gasteiger partial charge < -0.3 is 9.47 Å². The van der Waals surface area contributed by atoms with Crippen molar-refractivity contribution in [3.8, 4) is 0 Å². The highest BCUT2D eigenvalue weighted by molar-refractivity contribution is 4.94. The smallest absolute Gasteiger partial charge is 0.138 e. The lowest BCUT2D eigenvalue weighted by atomic mass is 10.3. The molecule has 0 aliphatic carbocycles. The fourth-order valence-corrected chi connectivity index (χ4v) is 0.654. The first-order valence-corrected chi connectivity index (χ1v) is 3.09. The highest BCUT2D eigenvalue weighted by Gasteiger charge is 1.97. The molecule has 1 rings (SSSR count). The lowest BCUT2D eigenvalue weighted by molar-refractivity contribution is 0.246. The molecule has 0 N–H and O–H groups in total. The second kappa shape index (κ2) is 3.17. The minimum absolute atomic E-state index is 0.903. The fraction of sp³-hybridized carbons (Fsp3) is 0.429. The highest BCUT2D eigenvalue weighted by atomic mass is 16.5. The van der Waals surface area contributed by atoms with Gasteiger partial charge in [-0.25, -0.2) is 0 Å². The fourth-order valence-electron chi connectivity index (χ4n) is 0.654. The van der Waals surface area contributed by atoms with E-state index < -0.39 is 0 Å². The zero-order chi connectivity index (χ0) is 6.53. The van der Waals surface area contributed by atoms with E-state index in [0.29, 0.717) is 0 Å². The van der Waals surface area contributed by atoms with Gasteiger partial charge in [-0.1, -0.05) is 6.92 Å². The molecule has 0 aromatic heterocycles. The Morgan fingerprint density at radius 2 is 2.33 bits per heavy atom. The predicted octanol–water partition coefficient (Wildman–Crippen LogP) is 2.15. The van der Waals surface area contributed by atoms with Crippen LogP contribution in [0.3, 0.4) is 0 Å². The molecule has 0 aromatic carbocycles. The standard InChI is InChI=1S/C7H10O2/c1-2-3-7-6-8-4-5-9-7/h4-6H,2-3H2,1H3. The maximum Gasteiger partial charge on any atom is 0.138 e. The van der Waals surface area contributed by atoms with Crippen LogP contribution in [-0.4, -0.2) is 0 Å². The topological polar surface area (TPSA) is 18.5 Å². The molecule has 1 heterocycles. The summed E-state index contributed by atoms with van der Waals surface area (Å²) in [5.41, 5.74) is 0. The molecule has 0 spiro atoms. The first-order chi connectivity index (χ1) is 4.43. The Morgan fingerprint density at radius 3 is 2.89 bits per heavy atom. The van der Waals surface area contributed by atoms with Crippen molar-refractivity contribution in [3.05, 3.63) is 24.5 Å². The Kier molecular flexibility index (Phi) is 2.19. The second-order valence-electron chi connectivity index (χ2n) is 1.86. The number of hydrogen-bond donors (Lipinski definition) is 0. The Balaban J connectivity index is 2.32. The first-order valence-electron chi connectivity index (χ1n) is 3.09. The van der Waals surface area contributed by atoms with Gasteiger partial charge in [0.15, 0.2) is 0 Å². The summed E-state index contributed by atoms with van der Waals surface area (Å²) in [4.78, 5) is 0. The maximum absolute atomic E-state index is 5.07. The zero-order valence-electron chi connectivity index (χ0n) is 5.46. The maximum atomic E-state index is 5.07. The first kappa shape index (κ1) is 6.20. The second-order valence-corrected chi connectivity index (χ2v) is 1.86. The lowest BCUT2D eigenvalue weighted by Crippen LogP contribution is -1.90. The van der Waals surface area contributed by atoms with Crippen molar-refractivity contribution in [2.45, 2.75) is 19.8 Å². The van der Waals surface area contributed by atoms with E-state index in [-0.39, 0.29) is 0 Å². The van der Waals surface area contributed by atoms with Gasteiger partial charge in [0.1, 0.15) is 24.5 Å². The predicted molar refractivity (Wildman–Crippen MR) is 34.3 cm³/mol. The number of rotatable bonds is 2. The van der Waals surface area contributed by atoms with Gasteiger partial charge in [0.25, 0.3) is 0 Å². The molecule has 0 radical (unpaired) electrons. The van der Waals surface area contributed by atoms with E-state index in [0.717, 1.165) is 18.6 Å². The quantitative estimate of drug-likeness (QED) is 0.564. The Morgan fingerprint density at radius 1 is 1.44 bits per heavy atom. The molecule has 0 saturated heterocycles. The van der Waals surface area contributed by atoms with E-state index in [2.05, 4.69) is 6.92 Å². The van der Waals surface area contributed by atoms with Crippen LogP contribution in [0.1, 0.15) is 19.8 Å². The number of ether oxygens (including phenoxy) is 2. The molecule has 1 aliphatic heterocycles. The van der Waals surface area contributed by atoms with Gasteiger partial charge in [-0.3, -0.25) is 0 Å². The normalized spacial score (nSPS) is 15.9. The minimum Gasteiger partial charge on any atom is -0.466 e. The van der Waals surface area contributed by atoms with Crippen molar-refractivity contribution in [1.29, 1.82) is 0 Å². The van der Waals surface area contributed by atoms with E-state index in [1.165, 1.54) is 6.26 Å². The summed E-state index contributed by atoms with van der Waals surface area (Å²) >= 11 is 0. The van der Waals surface area contributed by atoms with Crippen LogP contribution >= 0.6 is 0 Å². The average molecular weight is 126 g/mol. The molecule has 9 heavy (non-hydrogen) atoms. The third kappa shape index (κ3) is 1.80. The summed E-state index contributed by atoms with van der Waals surface area (Å²) in [7, 11) is 0. The van der Waals surface area contributed by atoms with Crippen molar-refractivity contribution in [2.24, 2.45) is 0 Å². The monoisotopic (exact) mass is 126 g/mol. The van der Waals surface area contributed by atoms with Crippen molar-refractivity contribution >= 4 is 0 Å². The number of hydrogen-bond acceptors (Lipinski definition) is 2. The molecular weight excluding hydrogens is 116 g/mol. The van der Waals surface area contributed by atoms with Crippen molar-refractivity contribution in [2.75, 3.05) is 0 Å². The largest absolute Gasteiger partial charge is 0.466 e. The van der Waals surface area contributed by atoms with Crippen molar-refractivity contribution in [1.82, 2.24) is 0 Å². The molecule has 0 bridgehead atoms. The van der Waals surface area contributed by atoms with Gasteiger partial charge in [0, 0.05) is 6.42 Å². The Labute approximate surface area is 54.8 Å². The molecule has 2 heteroatoms. The van der Waals surface area contributed by atoms with Crippen LogP contribution in [0.25, 0.3) is 0 Å². The molecule has 0 fully saturated rings. The van der Waals surface area contributed by atoms with Gasteiger partial charge in [0.05, 0.1) is 0 Å². The van der Waals surface area contributed by atoms with E-state index in [1.54, 1.807) is 12.5 Å². The summed E-state index contributed by atoms with van der Waals surface area (Å²) in [6, 6.07) is 0. The average Bonchev–Trinajstić information content (AvgIpc) is 1.91. The third-order valence-corrected chi connectivity index (χ3v) is 1.05. The van der Waals surface area contributed by atoms with Crippen LogP contribution in [-0.2, 0) is 9.47 Å². The van der Waals surface area contributed by atoms with E-state index in [1.807, 2.05) is 0 Å². The summed E-state index contributed by atoms with van der Waals surface area (Å²) in [6.07, 6.45) is 6.72. The zero-order valence-corrected chi connectivity index (χ0v) is 5.46. The van der Waals surface area contributed by atoms with Crippen LogP contribution in [0, 0.1) is 0 Å². The molecule has 50 valence electrons. The van der Waals surface area contributed by atoms with E-state index in [4.69, 9.17) is 9.47 Å². The van der Waals surface area contributed by atoms with Gasteiger partial charge in [-0.05, 0) is 6.42 Å². The third-order valence-electron chi connectivity index (χ3n) is 1.05. The Hall–Kier alpha value is -0.920. The van der Waals surface area contributed by atoms with Crippen LogP contribution < -0.4 is 0 Å². The van der Waals surface area contributed by atoms with Gasteiger partial charge in [-0.2, -0.15) is 0 Å². The molecule has 0 atom stereocenters. The van der Waals surface area contributed by atoms with E-state index >= 15 is 0 Å². The molecule has 1 aliphatic rings. The summed E-state index contributed by atoms with van der Waals surface area (Å²) in [6.45, 7) is 2.10. The molecule has 2 nitrogen and oxygen atoms in total. The molecule has 0 saturated carbocycles. The van der Waals surface area contributed by atoms with Crippen molar-refractivity contribution in [3.63, 3.8) is 0 Å². The van der Waals surface area contributed by atoms with Gasteiger partial charge in [-0.15, -0.1) is 0 Å². The van der Waals surface area contributed by atoms with Crippen LogP contribution in [0.2, 0.25) is 0 Å². The van der Waals surface area contributed by atoms with E-state index in [9.17, 15) is 0 Å².